The Hall–Kier alpha value is -4.71. The number of rotatable bonds is 7. The van der Waals surface area contributed by atoms with Crippen molar-refractivity contribution in [2.75, 3.05) is 34.3 Å². The molecule has 0 aliphatic carbocycles. The molecule has 1 unspecified atom stereocenters. The minimum absolute atomic E-state index is 0. The van der Waals surface area contributed by atoms with E-state index in [0.29, 0.717) is 0 Å². The van der Waals surface area contributed by atoms with Gasteiger partial charge in [0.25, 0.3) is 0 Å². The molecule has 0 aromatic heterocycles. The molecule has 7 heteroatoms. The van der Waals surface area contributed by atoms with Crippen LogP contribution in [0.15, 0.2) is 127 Å². The van der Waals surface area contributed by atoms with Crippen LogP contribution in [0.1, 0.15) is 49.4 Å². The molecule has 4 aromatic rings. The van der Waals surface area contributed by atoms with Crippen LogP contribution in [0.4, 0.5) is 17.1 Å². The summed E-state index contributed by atoms with van der Waals surface area (Å²) in [5.41, 5.74) is 12.7. The first-order chi connectivity index (χ1) is 24.5. The molecule has 4 aromatic carbocycles. The molecule has 0 saturated heterocycles. The predicted octanol–water partition coefficient (Wildman–Crippen LogP) is 8.25. The number of anilines is 3. The topological polar surface area (TPSA) is 19.4 Å². The molecule has 0 N–H and O–H groups in total. The number of hydrogen-bond donors (Lipinski definition) is 0. The average molecular weight is 847 g/mol. The van der Waals surface area contributed by atoms with Crippen molar-refractivity contribution in [1.29, 1.82) is 0 Å². The molecule has 5 heterocycles. The van der Waals surface area contributed by atoms with Crippen LogP contribution in [0, 0.1) is 37.3 Å². The summed E-state index contributed by atoms with van der Waals surface area (Å²) >= 11 is 0. The van der Waals surface area contributed by atoms with Crippen molar-refractivity contribution in [2.24, 2.45) is 0 Å². The number of para-hydroxylation sites is 3. The van der Waals surface area contributed by atoms with Crippen molar-refractivity contribution < 1.29 is 20.1 Å². The fourth-order valence-electron chi connectivity index (χ4n) is 8.27. The van der Waals surface area contributed by atoms with Crippen LogP contribution in [0.5, 0.6) is 0 Å². The van der Waals surface area contributed by atoms with Crippen molar-refractivity contribution in [1.82, 2.24) is 14.7 Å². The van der Waals surface area contributed by atoms with Crippen molar-refractivity contribution in [3.05, 3.63) is 186 Å². The molecule has 6 nitrogen and oxygen atoms in total. The first-order valence-electron chi connectivity index (χ1n) is 17.8. The van der Waals surface area contributed by atoms with E-state index in [9.17, 15) is 0 Å². The largest absolute Gasteiger partial charge is 0.514 e. The smallest absolute Gasteiger partial charge is 0.0710 e. The summed E-state index contributed by atoms with van der Waals surface area (Å²) in [5.74, 6) is 2.92. The van der Waals surface area contributed by atoms with E-state index < -0.39 is 0 Å². The van der Waals surface area contributed by atoms with Gasteiger partial charge in [0.15, 0.2) is 0 Å². The molecule has 263 valence electrons. The monoisotopic (exact) mass is 847 g/mol. The van der Waals surface area contributed by atoms with Gasteiger partial charge >= 0.3 is 0 Å². The molecule has 5 aliphatic rings. The second-order valence-corrected chi connectivity index (χ2v) is 14.0. The van der Waals surface area contributed by atoms with Gasteiger partial charge in [-0.25, -0.2) is 0 Å². The van der Waals surface area contributed by atoms with Gasteiger partial charge in [-0.05, 0) is 70.5 Å². The van der Waals surface area contributed by atoms with Crippen LogP contribution in [0.3, 0.4) is 0 Å². The second kappa shape index (κ2) is 13.8. The summed E-state index contributed by atoms with van der Waals surface area (Å²) in [4.78, 5) is 14.3. The molecule has 1 radical (unpaired) electrons. The Morgan fingerprint density at radius 3 is 2.18 bits per heavy atom. The third-order valence-electron chi connectivity index (χ3n) is 10.6. The van der Waals surface area contributed by atoms with E-state index in [1.165, 1.54) is 56.9 Å². The van der Waals surface area contributed by atoms with E-state index in [4.69, 9.17) is 0 Å². The zero-order chi connectivity index (χ0) is 33.8. The Morgan fingerprint density at radius 2 is 1.45 bits per heavy atom. The molecule has 0 saturated carbocycles. The van der Waals surface area contributed by atoms with Crippen LogP contribution in [0.2, 0.25) is 0 Å². The summed E-state index contributed by atoms with van der Waals surface area (Å²) in [5, 5.41) is 0. The minimum atomic E-state index is 0. The van der Waals surface area contributed by atoms with Gasteiger partial charge in [-0.3, -0.25) is 0 Å². The molecule has 9 rings (SSSR count). The number of benzene rings is 4. The van der Waals surface area contributed by atoms with Crippen molar-refractivity contribution in [2.45, 2.75) is 46.2 Å². The molecule has 5 aliphatic heterocycles. The Kier molecular flexibility index (Phi) is 9.03. The Labute approximate surface area is 317 Å². The standard InChI is InChI=1S/C44H42N6.Ir/c1-32-26-45(30-48(32)39-12-6-4-7-13-39)20-18-35-22-36-19-21-47-28-34(3)50-43-17-11-10-16-41(43)38(25-42(44(47)50)37(23-35)24-36)29-46-27-33(2)49(31-46)40-14-8-5-9-15-40;/h4-12,14,16-17,22-24,26-28,30-31,44H,18-21,25,29H2,1-3H3;/q-6;. The SMILES string of the molecule is CC1=CN(CCc2cc3cc(c2)[C-]2C[C-](CN4C=C(C)N(c5[c-]cccc5)[CH-]4)c4ccccc4N4C(C)=CN(CC3)C24)[CH-]N1c1[c-]cccc1.[Ir]. The molecule has 2 bridgehead atoms. The van der Waals surface area contributed by atoms with Crippen LogP contribution >= 0.6 is 0 Å². The molecular formula is C44H42IrN6-6. The van der Waals surface area contributed by atoms with Crippen LogP contribution in [-0.2, 0) is 32.9 Å². The predicted molar refractivity (Wildman–Crippen MR) is 201 cm³/mol. The van der Waals surface area contributed by atoms with E-state index in [2.05, 4.69) is 161 Å². The molecule has 0 spiro atoms. The van der Waals surface area contributed by atoms with Crippen LogP contribution < -0.4 is 14.7 Å². The molecular weight excluding hydrogens is 805 g/mol. The van der Waals surface area contributed by atoms with Gasteiger partial charge in [0, 0.05) is 38.5 Å². The Bertz CT molecular complexity index is 1970. The van der Waals surface area contributed by atoms with Crippen LogP contribution in [-0.4, -0.2) is 40.5 Å². The summed E-state index contributed by atoms with van der Waals surface area (Å²) in [6.07, 6.45) is 10.0. The van der Waals surface area contributed by atoms with E-state index in [0.717, 1.165) is 50.3 Å². The van der Waals surface area contributed by atoms with E-state index in [-0.39, 0.29) is 26.3 Å². The number of hydrogen-bond acceptors (Lipinski definition) is 6. The second-order valence-electron chi connectivity index (χ2n) is 14.0. The minimum Gasteiger partial charge on any atom is -0.514 e. The third-order valence-corrected chi connectivity index (χ3v) is 10.6. The molecule has 51 heavy (non-hydrogen) atoms. The van der Waals surface area contributed by atoms with E-state index in [1.54, 1.807) is 0 Å². The maximum Gasteiger partial charge on any atom is 0.0710 e. The van der Waals surface area contributed by atoms with Gasteiger partial charge < -0.3 is 29.4 Å². The van der Waals surface area contributed by atoms with Gasteiger partial charge in [-0.2, -0.15) is 109 Å². The van der Waals surface area contributed by atoms with Gasteiger partial charge in [-0.1, -0.05) is 30.3 Å². The fourth-order valence-corrected chi connectivity index (χ4v) is 8.27. The molecule has 0 fully saturated rings. The Morgan fingerprint density at radius 1 is 0.765 bits per heavy atom. The normalized spacial score (nSPS) is 19.2. The zero-order valence-electron chi connectivity index (χ0n) is 29.4. The van der Waals surface area contributed by atoms with Crippen molar-refractivity contribution >= 4 is 17.1 Å². The maximum atomic E-state index is 3.40. The third kappa shape index (κ3) is 6.28. The van der Waals surface area contributed by atoms with Gasteiger partial charge in [0.05, 0.1) is 6.17 Å². The van der Waals surface area contributed by atoms with Crippen molar-refractivity contribution in [3.8, 4) is 0 Å². The van der Waals surface area contributed by atoms with Gasteiger partial charge in [-0.15, -0.1) is 34.5 Å². The van der Waals surface area contributed by atoms with Gasteiger partial charge in [0.1, 0.15) is 0 Å². The summed E-state index contributed by atoms with van der Waals surface area (Å²) in [6.45, 7) is 13.8. The summed E-state index contributed by atoms with van der Waals surface area (Å²) in [6, 6.07) is 39.6. The maximum absolute atomic E-state index is 3.40. The van der Waals surface area contributed by atoms with Gasteiger partial charge in [0.2, 0.25) is 0 Å². The number of nitrogens with zero attached hydrogens (tertiary/aromatic N) is 6. The Balaban J connectivity index is 0.00000374. The zero-order valence-corrected chi connectivity index (χ0v) is 31.8. The quantitative estimate of drug-likeness (QED) is 0.174. The summed E-state index contributed by atoms with van der Waals surface area (Å²) in [7, 11) is 0. The average Bonchev–Trinajstić information content (AvgIpc) is 3.78. The fraction of sp³-hybridized carbons (Fsp3) is 0.227. The number of fused-ring (bicyclic) bond motifs is 5. The number of allylic oxidation sites excluding steroid dienone is 3. The van der Waals surface area contributed by atoms with Crippen molar-refractivity contribution in [3.63, 3.8) is 0 Å². The van der Waals surface area contributed by atoms with Crippen LogP contribution in [0.25, 0.3) is 0 Å². The van der Waals surface area contributed by atoms with E-state index >= 15 is 0 Å². The summed E-state index contributed by atoms with van der Waals surface area (Å²) < 4.78 is 0. The molecule has 1 atom stereocenters. The molecule has 0 amide bonds. The first-order valence-corrected chi connectivity index (χ1v) is 17.8. The van der Waals surface area contributed by atoms with E-state index in [1.807, 2.05) is 24.3 Å². The first kappa shape index (κ1) is 33.4.